The summed E-state index contributed by atoms with van der Waals surface area (Å²) in [5.74, 6) is -0.0108. The molecule has 0 aliphatic heterocycles. The fourth-order valence-electron chi connectivity index (χ4n) is 8.93. The number of ketones is 2. The number of fused-ring (bicyclic) bond motifs is 7. The van der Waals surface area contributed by atoms with Crippen molar-refractivity contribution in [2.24, 2.45) is 28.1 Å². The Hall–Kier alpha value is -2.76. The molecule has 5 rings (SSSR count). The summed E-state index contributed by atoms with van der Waals surface area (Å²) in [6.07, 6.45) is 7.09. The Morgan fingerprint density at radius 2 is 1.61 bits per heavy atom. The van der Waals surface area contributed by atoms with Crippen LogP contribution in [-0.4, -0.2) is 23.5 Å². The normalized spacial score (nSPS) is 37.7. The van der Waals surface area contributed by atoms with Gasteiger partial charge in [-0.05, 0) is 84.5 Å². The molecule has 0 heterocycles. The Morgan fingerprint density at radius 1 is 0.947 bits per heavy atom. The van der Waals surface area contributed by atoms with E-state index in [9.17, 15) is 19.2 Å². The van der Waals surface area contributed by atoms with Crippen LogP contribution in [0.1, 0.15) is 108 Å². The summed E-state index contributed by atoms with van der Waals surface area (Å²) >= 11 is 0. The average molecular weight is 521 g/mol. The van der Waals surface area contributed by atoms with Gasteiger partial charge >= 0.3 is 11.9 Å². The molecule has 6 nitrogen and oxygen atoms in total. The van der Waals surface area contributed by atoms with Gasteiger partial charge in [0.25, 0.3) is 0 Å². The third-order valence-electron chi connectivity index (χ3n) is 11.2. The van der Waals surface area contributed by atoms with E-state index in [0.29, 0.717) is 29.2 Å². The highest BCUT2D eigenvalue weighted by Crippen LogP contribution is 2.73. The fraction of sp³-hybridized carbons (Fsp3) is 0.625. The third-order valence-corrected chi connectivity index (χ3v) is 11.2. The van der Waals surface area contributed by atoms with E-state index in [-0.39, 0.29) is 39.4 Å². The van der Waals surface area contributed by atoms with Gasteiger partial charge in [-0.25, -0.2) is 0 Å². The second kappa shape index (κ2) is 8.37. The van der Waals surface area contributed by atoms with Gasteiger partial charge in [-0.2, -0.15) is 0 Å². The van der Waals surface area contributed by atoms with Gasteiger partial charge in [0.05, 0.1) is 0 Å². The molecule has 204 valence electrons. The molecule has 6 heteroatoms. The summed E-state index contributed by atoms with van der Waals surface area (Å²) in [5, 5.41) is 0. The van der Waals surface area contributed by atoms with Crippen molar-refractivity contribution in [3.63, 3.8) is 0 Å². The molecule has 0 amide bonds. The summed E-state index contributed by atoms with van der Waals surface area (Å²) in [6.45, 7) is 15.7. The first-order valence-corrected chi connectivity index (χ1v) is 13.9. The van der Waals surface area contributed by atoms with Gasteiger partial charge in [-0.1, -0.05) is 34.6 Å². The maximum atomic E-state index is 13.9. The van der Waals surface area contributed by atoms with Crippen molar-refractivity contribution in [2.45, 2.75) is 99.3 Å². The van der Waals surface area contributed by atoms with Crippen LogP contribution in [0.25, 0.3) is 0 Å². The van der Waals surface area contributed by atoms with Crippen LogP contribution in [0.3, 0.4) is 0 Å². The summed E-state index contributed by atoms with van der Waals surface area (Å²) in [5.41, 5.74) is 2.32. The molecular weight excluding hydrogens is 480 g/mol. The lowest BCUT2D eigenvalue weighted by atomic mass is 9.35. The van der Waals surface area contributed by atoms with Crippen LogP contribution < -0.4 is 9.47 Å². The van der Waals surface area contributed by atoms with Crippen LogP contribution in [0.5, 0.6) is 11.5 Å². The quantitative estimate of drug-likeness (QED) is 0.329. The maximum Gasteiger partial charge on any atom is 0.308 e. The minimum absolute atomic E-state index is 0.0131. The number of hydrogen-bond acceptors (Lipinski definition) is 6. The minimum atomic E-state index is -0.543. The zero-order valence-corrected chi connectivity index (χ0v) is 24.0. The first kappa shape index (κ1) is 26.8. The Kier molecular flexibility index (Phi) is 5.91. The molecule has 6 atom stereocenters. The van der Waals surface area contributed by atoms with E-state index in [1.807, 2.05) is 6.08 Å². The van der Waals surface area contributed by atoms with E-state index in [2.05, 4.69) is 34.6 Å². The highest BCUT2D eigenvalue weighted by molar-refractivity contribution is 6.10. The van der Waals surface area contributed by atoms with Crippen molar-refractivity contribution in [2.75, 3.05) is 0 Å². The van der Waals surface area contributed by atoms with Crippen molar-refractivity contribution in [3.05, 3.63) is 34.4 Å². The van der Waals surface area contributed by atoms with E-state index in [4.69, 9.17) is 9.47 Å². The zero-order valence-electron chi connectivity index (χ0n) is 24.0. The average Bonchev–Trinajstić information content (AvgIpc) is 2.81. The van der Waals surface area contributed by atoms with Gasteiger partial charge in [-0.3, -0.25) is 19.2 Å². The lowest BCUT2D eigenvalue weighted by molar-refractivity contribution is -0.160. The molecule has 1 aromatic rings. The fourth-order valence-corrected chi connectivity index (χ4v) is 8.93. The van der Waals surface area contributed by atoms with Crippen molar-refractivity contribution in [1.29, 1.82) is 0 Å². The Balaban J connectivity index is 1.68. The minimum Gasteiger partial charge on any atom is -0.423 e. The number of carbonyl (C=O) groups is 4. The van der Waals surface area contributed by atoms with Gasteiger partial charge in [0.1, 0.15) is 5.78 Å². The molecule has 0 N–H and O–H groups in total. The number of allylic oxidation sites excluding steroid dienone is 2. The van der Waals surface area contributed by atoms with Crippen molar-refractivity contribution in [1.82, 2.24) is 0 Å². The number of carbonyl (C=O) groups excluding carboxylic acids is 4. The van der Waals surface area contributed by atoms with Crippen molar-refractivity contribution in [3.8, 4) is 11.5 Å². The molecule has 0 spiro atoms. The van der Waals surface area contributed by atoms with Crippen LogP contribution in [-0.2, 0) is 19.8 Å². The van der Waals surface area contributed by atoms with E-state index in [0.717, 1.165) is 43.2 Å². The number of esters is 2. The Bertz CT molecular complexity index is 1320. The lowest BCUT2D eigenvalue weighted by Gasteiger charge is -2.69. The van der Waals surface area contributed by atoms with E-state index >= 15 is 0 Å². The monoisotopic (exact) mass is 520 g/mol. The van der Waals surface area contributed by atoms with Crippen LogP contribution in [0.4, 0.5) is 0 Å². The zero-order chi connectivity index (χ0) is 28.0. The van der Waals surface area contributed by atoms with Crippen LogP contribution in [0, 0.1) is 35.0 Å². The molecule has 4 aliphatic rings. The second-order valence-electron chi connectivity index (χ2n) is 13.4. The standard InChI is InChI=1S/C32H40O6/c1-17-13-25-29(5,16-23(17)36)9-11-32(8)26-15-22(35)27-18(2)28(38-20(4)34)24(37-19(3)33)14-21(27)30(26,6)10-12-31(25,32)7/h14-15,17,25H,9-13,16H2,1-8H3/t17-,25-,29+,30+,31+,32-/m1/s1. The summed E-state index contributed by atoms with van der Waals surface area (Å²) in [4.78, 5) is 50.5. The smallest absolute Gasteiger partial charge is 0.308 e. The first-order chi connectivity index (χ1) is 17.6. The van der Waals surface area contributed by atoms with Gasteiger partial charge in [-0.15, -0.1) is 0 Å². The molecule has 4 aliphatic carbocycles. The van der Waals surface area contributed by atoms with E-state index < -0.39 is 17.4 Å². The molecule has 0 aromatic heterocycles. The second-order valence-corrected chi connectivity index (χ2v) is 13.4. The van der Waals surface area contributed by atoms with Gasteiger partial charge in [0.2, 0.25) is 0 Å². The van der Waals surface area contributed by atoms with Gasteiger partial charge in [0, 0.05) is 42.7 Å². The predicted molar refractivity (Wildman–Crippen MR) is 143 cm³/mol. The molecule has 38 heavy (non-hydrogen) atoms. The lowest BCUT2D eigenvalue weighted by Crippen LogP contribution is -2.62. The van der Waals surface area contributed by atoms with Crippen LogP contribution >= 0.6 is 0 Å². The molecule has 0 radical (unpaired) electrons. The number of benzene rings is 1. The summed E-state index contributed by atoms with van der Waals surface area (Å²) < 4.78 is 11.0. The number of Topliss-reactive ketones (excluding diaryl/α,β-unsaturated/α-hetero) is 1. The van der Waals surface area contributed by atoms with Crippen molar-refractivity contribution < 1.29 is 28.7 Å². The Labute approximate surface area is 225 Å². The Morgan fingerprint density at radius 3 is 2.24 bits per heavy atom. The maximum absolute atomic E-state index is 13.9. The molecule has 0 bridgehead atoms. The van der Waals surface area contributed by atoms with E-state index in [1.54, 1.807) is 13.0 Å². The molecule has 3 fully saturated rings. The number of rotatable bonds is 2. The molecule has 1 aromatic carbocycles. The summed E-state index contributed by atoms with van der Waals surface area (Å²) in [6, 6.07) is 1.76. The third kappa shape index (κ3) is 3.51. The van der Waals surface area contributed by atoms with Crippen LogP contribution in [0.2, 0.25) is 0 Å². The van der Waals surface area contributed by atoms with Crippen LogP contribution in [0.15, 0.2) is 17.7 Å². The molecule has 3 saturated carbocycles. The predicted octanol–water partition coefficient (Wildman–Crippen LogP) is 6.45. The molecule has 0 saturated heterocycles. The highest BCUT2D eigenvalue weighted by atomic mass is 16.6. The highest BCUT2D eigenvalue weighted by Gasteiger charge is 2.66. The van der Waals surface area contributed by atoms with Gasteiger partial charge in [0.15, 0.2) is 17.3 Å². The first-order valence-electron chi connectivity index (χ1n) is 13.9. The summed E-state index contributed by atoms with van der Waals surface area (Å²) in [7, 11) is 0. The SMILES string of the molecule is CC(=O)Oc1cc2c(c(C)c1OC(C)=O)C(=O)C=C1[C@@]2(C)CC[C@@]2(C)[C@@H]3C[C@@H](C)C(=O)C[C@]3(C)CC[C@]12C. The number of ether oxygens (including phenoxy) is 2. The topological polar surface area (TPSA) is 86.7 Å². The molecule has 0 unspecified atom stereocenters. The van der Waals surface area contributed by atoms with Crippen molar-refractivity contribution >= 4 is 23.5 Å². The molecular formula is C32H40O6. The number of hydrogen-bond donors (Lipinski definition) is 0. The largest absolute Gasteiger partial charge is 0.423 e. The van der Waals surface area contributed by atoms with Gasteiger partial charge < -0.3 is 9.47 Å². The van der Waals surface area contributed by atoms with E-state index in [1.165, 1.54) is 13.8 Å².